The van der Waals surface area contributed by atoms with Gasteiger partial charge in [0.15, 0.2) is 18.8 Å². The first-order chi connectivity index (χ1) is 7.24. The maximum absolute atomic E-state index is 11.3. The van der Waals surface area contributed by atoms with Crippen molar-refractivity contribution in [2.24, 2.45) is 4.99 Å². The summed E-state index contributed by atoms with van der Waals surface area (Å²) in [5.41, 5.74) is 2.25. The molecular formula is C11H9NO3. The Bertz CT molecular complexity index is 451. The molecule has 4 nitrogen and oxygen atoms in total. The number of carbonyl (C=O) groups excluding carboxylic acids is 2. The van der Waals surface area contributed by atoms with Crippen molar-refractivity contribution >= 4 is 24.2 Å². The molecule has 76 valence electrons. The Labute approximate surface area is 86.6 Å². The van der Waals surface area contributed by atoms with Crippen molar-refractivity contribution in [3.05, 3.63) is 29.3 Å². The number of aldehydes is 1. The van der Waals surface area contributed by atoms with Crippen LogP contribution in [0.4, 0.5) is 5.69 Å². The molecule has 1 heterocycles. The zero-order valence-electron chi connectivity index (χ0n) is 8.14. The monoisotopic (exact) mass is 203 g/mol. The minimum Gasteiger partial charge on any atom is -0.467 e. The standard InChI is InChI=1S/C11H9NO3/c1-7-3-2-4-8-10(7)11(9(14)5-13)15-6-12-8/h2-6,11H,1H3. The molecule has 0 spiro atoms. The third-order valence-electron chi connectivity index (χ3n) is 2.33. The van der Waals surface area contributed by atoms with Crippen molar-refractivity contribution in [1.82, 2.24) is 0 Å². The summed E-state index contributed by atoms with van der Waals surface area (Å²) < 4.78 is 5.07. The number of rotatable bonds is 2. The quantitative estimate of drug-likeness (QED) is 0.540. The molecule has 1 atom stereocenters. The first kappa shape index (κ1) is 9.58. The topological polar surface area (TPSA) is 55.7 Å². The molecule has 15 heavy (non-hydrogen) atoms. The summed E-state index contributed by atoms with van der Waals surface area (Å²) in [6.07, 6.45) is 0.643. The fourth-order valence-corrected chi connectivity index (χ4v) is 1.61. The molecule has 1 aromatic carbocycles. The summed E-state index contributed by atoms with van der Waals surface area (Å²) in [7, 11) is 0. The zero-order valence-corrected chi connectivity index (χ0v) is 8.14. The first-order valence-electron chi connectivity index (χ1n) is 4.50. The minimum atomic E-state index is -0.837. The van der Waals surface area contributed by atoms with E-state index in [1.165, 1.54) is 6.40 Å². The van der Waals surface area contributed by atoms with Gasteiger partial charge in [0, 0.05) is 5.56 Å². The molecule has 0 saturated heterocycles. The lowest BCUT2D eigenvalue weighted by atomic mass is 9.98. The van der Waals surface area contributed by atoms with Crippen molar-refractivity contribution in [2.75, 3.05) is 0 Å². The van der Waals surface area contributed by atoms with E-state index in [9.17, 15) is 9.59 Å². The number of fused-ring (bicyclic) bond motifs is 1. The predicted molar refractivity (Wildman–Crippen MR) is 54.2 cm³/mol. The number of aryl methyl sites for hydroxylation is 1. The van der Waals surface area contributed by atoms with Gasteiger partial charge in [0.05, 0.1) is 5.69 Å². The van der Waals surface area contributed by atoms with E-state index in [1.807, 2.05) is 19.1 Å². The van der Waals surface area contributed by atoms with Crippen molar-refractivity contribution < 1.29 is 14.3 Å². The lowest BCUT2D eigenvalue weighted by Crippen LogP contribution is -2.19. The Kier molecular flexibility index (Phi) is 2.33. The van der Waals surface area contributed by atoms with Crippen molar-refractivity contribution in [3.8, 4) is 0 Å². The van der Waals surface area contributed by atoms with Crippen molar-refractivity contribution in [2.45, 2.75) is 13.0 Å². The van der Waals surface area contributed by atoms with Crippen LogP contribution in [0.5, 0.6) is 0 Å². The van der Waals surface area contributed by atoms with E-state index in [0.29, 0.717) is 11.3 Å². The lowest BCUT2D eigenvalue weighted by molar-refractivity contribution is -0.135. The van der Waals surface area contributed by atoms with Crippen LogP contribution in [0.3, 0.4) is 0 Å². The third kappa shape index (κ3) is 1.54. The molecule has 2 rings (SSSR count). The zero-order chi connectivity index (χ0) is 10.8. The van der Waals surface area contributed by atoms with Gasteiger partial charge in [-0.3, -0.25) is 9.59 Å². The first-order valence-corrected chi connectivity index (χ1v) is 4.50. The Balaban J connectivity index is 2.55. The van der Waals surface area contributed by atoms with Crippen LogP contribution in [0, 0.1) is 6.92 Å². The van der Waals surface area contributed by atoms with Crippen LogP contribution in [-0.2, 0) is 14.3 Å². The van der Waals surface area contributed by atoms with E-state index >= 15 is 0 Å². The molecule has 1 aromatic rings. The second-order valence-corrected chi connectivity index (χ2v) is 3.28. The number of aliphatic imine (C=N–C) groups is 1. The van der Waals surface area contributed by atoms with Gasteiger partial charge in [0.1, 0.15) is 0 Å². The van der Waals surface area contributed by atoms with Crippen LogP contribution in [0.25, 0.3) is 0 Å². The highest BCUT2D eigenvalue weighted by Gasteiger charge is 2.27. The van der Waals surface area contributed by atoms with Crippen molar-refractivity contribution in [1.29, 1.82) is 0 Å². The Morgan fingerprint density at radius 2 is 2.33 bits per heavy atom. The van der Waals surface area contributed by atoms with Gasteiger partial charge in [-0.15, -0.1) is 0 Å². The number of nitrogens with zero attached hydrogens (tertiary/aromatic N) is 1. The van der Waals surface area contributed by atoms with Gasteiger partial charge in [0.25, 0.3) is 0 Å². The summed E-state index contributed by atoms with van der Waals surface area (Å²) in [6.45, 7) is 1.86. The highest BCUT2D eigenvalue weighted by Crippen LogP contribution is 2.33. The molecule has 0 amide bonds. The SMILES string of the molecule is Cc1cccc2c1C(C(=O)C=O)OC=N2. The van der Waals surface area contributed by atoms with Gasteiger partial charge in [0.2, 0.25) is 5.78 Å². The summed E-state index contributed by atoms with van der Waals surface area (Å²) in [6, 6.07) is 5.49. The molecule has 0 bridgehead atoms. The van der Waals surface area contributed by atoms with E-state index in [4.69, 9.17) is 4.74 Å². The Morgan fingerprint density at radius 3 is 3.07 bits per heavy atom. The molecule has 4 heteroatoms. The summed E-state index contributed by atoms with van der Waals surface area (Å²) in [5.74, 6) is -0.586. The minimum absolute atomic E-state index is 0.278. The Morgan fingerprint density at radius 1 is 1.53 bits per heavy atom. The van der Waals surface area contributed by atoms with Crippen LogP contribution in [0.15, 0.2) is 23.2 Å². The van der Waals surface area contributed by atoms with Gasteiger partial charge in [-0.2, -0.15) is 0 Å². The molecule has 1 aliphatic rings. The number of hydrogen-bond acceptors (Lipinski definition) is 4. The summed E-state index contributed by atoms with van der Waals surface area (Å²) >= 11 is 0. The number of carbonyl (C=O) groups is 2. The highest BCUT2D eigenvalue weighted by molar-refractivity contribution is 6.27. The van der Waals surface area contributed by atoms with Gasteiger partial charge in [-0.1, -0.05) is 12.1 Å². The number of benzene rings is 1. The molecule has 0 aromatic heterocycles. The molecule has 0 saturated carbocycles. The van der Waals surface area contributed by atoms with E-state index < -0.39 is 11.9 Å². The van der Waals surface area contributed by atoms with Crippen LogP contribution in [-0.4, -0.2) is 18.5 Å². The second kappa shape index (κ2) is 3.65. The lowest BCUT2D eigenvalue weighted by Gasteiger charge is -2.20. The normalized spacial score (nSPS) is 17.8. The molecule has 0 N–H and O–H groups in total. The second-order valence-electron chi connectivity index (χ2n) is 3.28. The number of Topliss-reactive ketones (excluding diaryl/α,β-unsaturated/α-hetero) is 1. The third-order valence-corrected chi connectivity index (χ3v) is 2.33. The smallest absolute Gasteiger partial charge is 0.240 e. The molecule has 0 aliphatic carbocycles. The van der Waals surface area contributed by atoms with Gasteiger partial charge in [-0.25, -0.2) is 4.99 Å². The maximum atomic E-state index is 11.3. The number of hydrogen-bond donors (Lipinski definition) is 0. The molecule has 0 fully saturated rings. The van der Waals surface area contributed by atoms with Crippen LogP contribution in [0.1, 0.15) is 17.2 Å². The van der Waals surface area contributed by atoms with E-state index in [2.05, 4.69) is 4.99 Å². The summed E-state index contributed by atoms with van der Waals surface area (Å²) in [4.78, 5) is 25.8. The number of ether oxygens (including phenoxy) is 1. The molecule has 0 radical (unpaired) electrons. The van der Waals surface area contributed by atoms with Crippen molar-refractivity contribution in [3.63, 3.8) is 0 Å². The van der Waals surface area contributed by atoms with Crippen LogP contribution >= 0.6 is 0 Å². The average Bonchev–Trinajstić information content (AvgIpc) is 2.28. The van der Waals surface area contributed by atoms with E-state index in [-0.39, 0.29) is 6.29 Å². The fourth-order valence-electron chi connectivity index (χ4n) is 1.61. The predicted octanol–water partition coefficient (Wildman–Crippen LogP) is 1.49. The number of ketones is 1. The van der Waals surface area contributed by atoms with Crippen LogP contribution < -0.4 is 0 Å². The van der Waals surface area contributed by atoms with Gasteiger partial charge >= 0.3 is 0 Å². The summed E-state index contributed by atoms with van der Waals surface area (Å²) in [5, 5.41) is 0. The average molecular weight is 203 g/mol. The van der Waals surface area contributed by atoms with Gasteiger partial charge in [-0.05, 0) is 18.6 Å². The fraction of sp³-hybridized carbons (Fsp3) is 0.182. The molecule has 1 unspecified atom stereocenters. The Hall–Kier alpha value is -1.97. The highest BCUT2D eigenvalue weighted by atomic mass is 16.5. The maximum Gasteiger partial charge on any atom is 0.240 e. The largest absolute Gasteiger partial charge is 0.467 e. The van der Waals surface area contributed by atoms with E-state index in [1.54, 1.807) is 6.07 Å². The van der Waals surface area contributed by atoms with E-state index in [0.717, 1.165) is 5.56 Å². The molecule has 1 aliphatic heterocycles. The molecular weight excluding hydrogens is 194 g/mol. The van der Waals surface area contributed by atoms with Crippen LogP contribution in [0.2, 0.25) is 0 Å². The van der Waals surface area contributed by atoms with Gasteiger partial charge < -0.3 is 4.74 Å².